The van der Waals surface area contributed by atoms with Crippen molar-refractivity contribution in [3.63, 3.8) is 0 Å². The molecule has 21 heavy (non-hydrogen) atoms. The highest BCUT2D eigenvalue weighted by Gasteiger charge is 2.31. The zero-order valence-corrected chi connectivity index (χ0v) is 13.0. The van der Waals surface area contributed by atoms with Gasteiger partial charge in [0.2, 0.25) is 0 Å². The average molecular weight is 292 g/mol. The summed E-state index contributed by atoms with van der Waals surface area (Å²) in [6.45, 7) is 2.31. The molecule has 0 saturated carbocycles. The standard InChI is InChI=1S/C18H28O3/c1-13-10-11-14-6-2-4-9-17(14)16(13)8-5-3-7-15(19)12-18(20)21/h6,10-11,13,15-17,19H,2-5,7-9,12H2,1H3,(H,20,21). The summed E-state index contributed by atoms with van der Waals surface area (Å²) in [5.41, 5.74) is 1.54. The summed E-state index contributed by atoms with van der Waals surface area (Å²) in [5, 5.41) is 18.2. The van der Waals surface area contributed by atoms with Gasteiger partial charge in [-0.05, 0) is 55.4 Å². The molecule has 4 unspecified atom stereocenters. The monoisotopic (exact) mass is 292 g/mol. The number of carbonyl (C=O) groups is 1. The van der Waals surface area contributed by atoms with Crippen molar-refractivity contribution in [2.45, 2.75) is 64.4 Å². The van der Waals surface area contributed by atoms with Crippen LogP contribution in [0.4, 0.5) is 0 Å². The zero-order valence-electron chi connectivity index (χ0n) is 13.0. The van der Waals surface area contributed by atoms with Crippen LogP contribution in [0, 0.1) is 17.8 Å². The van der Waals surface area contributed by atoms with E-state index in [4.69, 9.17) is 5.11 Å². The molecule has 2 N–H and O–H groups in total. The summed E-state index contributed by atoms with van der Waals surface area (Å²) in [4.78, 5) is 10.5. The smallest absolute Gasteiger partial charge is 0.305 e. The van der Waals surface area contributed by atoms with Crippen molar-refractivity contribution in [3.05, 3.63) is 23.8 Å². The first-order valence-electron chi connectivity index (χ1n) is 8.36. The van der Waals surface area contributed by atoms with Crippen molar-refractivity contribution in [1.29, 1.82) is 0 Å². The molecule has 118 valence electrons. The number of aliphatic carboxylic acids is 1. The quantitative estimate of drug-likeness (QED) is 0.699. The summed E-state index contributed by atoms with van der Waals surface area (Å²) < 4.78 is 0. The van der Waals surface area contributed by atoms with Crippen LogP contribution in [-0.4, -0.2) is 22.3 Å². The van der Waals surface area contributed by atoms with Gasteiger partial charge in [0.1, 0.15) is 0 Å². The summed E-state index contributed by atoms with van der Waals surface area (Å²) >= 11 is 0. The summed E-state index contributed by atoms with van der Waals surface area (Å²) in [7, 11) is 0. The first-order chi connectivity index (χ1) is 10.1. The molecule has 0 amide bonds. The first kappa shape index (κ1) is 16.3. The molecule has 0 bridgehead atoms. The van der Waals surface area contributed by atoms with Crippen LogP contribution >= 0.6 is 0 Å². The number of carboxylic acid groups (broad SMARTS) is 1. The molecule has 0 aliphatic heterocycles. The Labute approximate surface area is 127 Å². The van der Waals surface area contributed by atoms with Gasteiger partial charge in [-0.1, -0.05) is 38.0 Å². The van der Waals surface area contributed by atoms with E-state index in [0.717, 1.165) is 24.7 Å². The fourth-order valence-corrected chi connectivity index (χ4v) is 3.88. The van der Waals surface area contributed by atoms with Crippen LogP contribution in [0.25, 0.3) is 0 Å². The van der Waals surface area contributed by atoms with E-state index >= 15 is 0 Å². The Morgan fingerprint density at radius 1 is 1.43 bits per heavy atom. The van der Waals surface area contributed by atoms with E-state index in [0.29, 0.717) is 12.3 Å². The van der Waals surface area contributed by atoms with Gasteiger partial charge in [0.05, 0.1) is 12.5 Å². The average Bonchev–Trinajstić information content (AvgIpc) is 2.44. The third-order valence-corrected chi connectivity index (χ3v) is 5.05. The first-order valence-corrected chi connectivity index (χ1v) is 8.36. The lowest BCUT2D eigenvalue weighted by molar-refractivity contribution is -0.139. The molecule has 0 spiro atoms. The Kier molecular flexibility index (Phi) is 6.04. The number of fused-ring (bicyclic) bond motifs is 1. The SMILES string of the molecule is CC1C=CC2=CCCCC2C1CCCCC(O)CC(=O)O. The Balaban J connectivity index is 1.77. The van der Waals surface area contributed by atoms with Gasteiger partial charge < -0.3 is 10.2 Å². The Morgan fingerprint density at radius 2 is 2.24 bits per heavy atom. The molecular weight excluding hydrogens is 264 g/mol. The summed E-state index contributed by atoms with van der Waals surface area (Å²) in [6, 6.07) is 0. The van der Waals surface area contributed by atoms with Crippen molar-refractivity contribution in [2.75, 3.05) is 0 Å². The van der Waals surface area contributed by atoms with Crippen LogP contribution in [-0.2, 0) is 4.79 Å². The maximum Gasteiger partial charge on any atom is 0.305 e. The number of hydrogen-bond donors (Lipinski definition) is 2. The third kappa shape index (κ3) is 4.70. The lowest BCUT2D eigenvalue weighted by Gasteiger charge is -2.37. The van der Waals surface area contributed by atoms with Crippen molar-refractivity contribution in [2.24, 2.45) is 17.8 Å². The van der Waals surface area contributed by atoms with Crippen LogP contribution in [0.3, 0.4) is 0 Å². The van der Waals surface area contributed by atoms with Crippen LogP contribution in [0.5, 0.6) is 0 Å². The van der Waals surface area contributed by atoms with Gasteiger partial charge in [-0.3, -0.25) is 4.79 Å². The van der Waals surface area contributed by atoms with Gasteiger partial charge in [0.15, 0.2) is 0 Å². The molecule has 4 atom stereocenters. The number of aliphatic hydroxyl groups excluding tert-OH is 1. The second kappa shape index (κ2) is 7.79. The van der Waals surface area contributed by atoms with Crippen LogP contribution in [0.1, 0.15) is 58.3 Å². The molecule has 0 radical (unpaired) electrons. The van der Waals surface area contributed by atoms with E-state index < -0.39 is 12.1 Å². The molecule has 3 heteroatoms. The van der Waals surface area contributed by atoms with E-state index in [2.05, 4.69) is 25.2 Å². The maximum atomic E-state index is 10.5. The fourth-order valence-electron chi connectivity index (χ4n) is 3.88. The number of hydrogen-bond acceptors (Lipinski definition) is 2. The van der Waals surface area contributed by atoms with Gasteiger partial charge >= 0.3 is 5.97 Å². The van der Waals surface area contributed by atoms with Crippen LogP contribution < -0.4 is 0 Å². The normalized spacial score (nSPS) is 29.6. The lowest BCUT2D eigenvalue weighted by Crippen LogP contribution is -2.27. The molecule has 2 rings (SSSR count). The minimum absolute atomic E-state index is 0.127. The largest absolute Gasteiger partial charge is 0.481 e. The molecular formula is C18H28O3. The topological polar surface area (TPSA) is 57.5 Å². The van der Waals surface area contributed by atoms with Gasteiger partial charge in [-0.25, -0.2) is 0 Å². The van der Waals surface area contributed by atoms with Gasteiger partial charge in [-0.15, -0.1) is 0 Å². The second-order valence-electron chi connectivity index (χ2n) is 6.66. The predicted octanol–water partition coefficient (Wildman–Crippen LogP) is 3.93. The molecule has 0 aromatic carbocycles. The Hall–Kier alpha value is -1.09. The Morgan fingerprint density at radius 3 is 3.00 bits per heavy atom. The van der Waals surface area contributed by atoms with E-state index in [9.17, 15) is 9.90 Å². The maximum absolute atomic E-state index is 10.5. The van der Waals surface area contributed by atoms with Crippen molar-refractivity contribution < 1.29 is 15.0 Å². The number of unbranched alkanes of at least 4 members (excludes halogenated alkanes) is 1. The van der Waals surface area contributed by atoms with E-state index in [1.54, 1.807) is 0 Å². The molecule has 0 aromatic rings. The molecule has 2 aliphatic carbocycles. The van der Waals surface area contributed by atoms with Gasteiger partial charge in [-0.2, -0.15) is 0 Å². The molecule has 3 nitrogen and oxygen atoms in total. The highest BCUT2D eigenvalue weighted by molar-refractivity contribution is 5.67. The fraction of sp³-hybridized carbons (Fsp3) is 0.722. The van der Waals surface area contributed by atoms with E-state index in [1.165, 1.54) is 31.3 Å². The number of aliphatic hydroxyl groups is 1. The Bertz CT molecular complexity index is 411. The van der Waals surface area contributed by atoms with Gasteiger partial charge in [0, 0.05) is 0 Å². The molecule has 0 saturated heterocycles. The highest BCUT2D eigenvalue weighted by Crippen LogP contribution is 2.42. The minimum Gasteiger partial charge on any atom is -0.481 e. The van der Waals surface area contributed by atoms with Gasteiger partial charge in [0.25, 0.3) is 0 Å². The minimum atomic E-state index is -0.912. The van der Waals surface area contributed by atoms with Crippen molar-refractivity contribution in [3.8, 4) is 0 Å². The number of rotatable bonds is 7. The number of allylic oxidation sites excluding steroid dienone is 4. The van der Waals surface area contributed by atoms with E-state index in [-0.39, 0.29) is 6.42 Å². The summed E-state index contributed by atoms with van der Waals surface area (Å²) in [6.07, 6.45) is 13.9. The van der Waals surface area contributed by atoms with E-state index in [1.807, 2.05) is 0 Å². The molecule has 2 aliphatic rings. The number of carboxylic acids is 1. The van der Waals surface area contributed by atoms with Crippen LogP contribution in [0.15, 0.2) is 23.8 Å². The molecule has 0 heterocycles. The molecule has 0 aromatic heterocycles. The lowest BCUT2D eigenvalue weighted by atomic mass is 9.68. The second-order valence-corrected chi connectivity index (χ2v) is 6.66. The third-order valence-electron chi connectivity index (χ3n) is 5.05. The molecule has 0 fully saturated rings. The van der Waals surface area contributed by atoms with Crippen LogP contribution in [0.2, 0.25) is 0 Å². The predicted molar refractivity (Wildman–Crippen MR) is 83.9 cm³/mol. The highest BCUT2D eigenvalue weighted by atomic mass is 16.4. The van der Waals surface area contributed by atoms with Crippen molar-refractivity contribution >= 4 is 5.97 Å². The zero-order chi connectivity index (χ0) is 15.2. The van der Waals surface area contributed by atoms with Crippen molar-refractivity contribution in [1.82, 2.24) is 0 Å². The summed E-state index contributed by atoms with van der Waals surface area (Å²) in [5.74, 6) is 1.17.